The number of amides is 1. The molecule has 1 saturated heterocycles. The number of carbonyl (C=O) groups is 2. The van der Waals surface area contributed by atoms with Gasteiger partial charge < -0.3 is 5.11 Å². The molecular weight excluding hydrogens is 444 g/mol. The molecule has 7 nitrogen and oxygen atoms in total. The first-order valence-corrected chi connectivity index (χ1v) is 10.8. The summed E-state index contributed by atoms with van der Waals surface area (Å²) in [6, 6.07) is 4.73. The van der Waals surface area contributed by atoms with E-state index in [0.717, 1.165) is 16.7 Å². The minimum atomic E-state index is -1.11. The van der Waals surface area contributed by atoms with E-state index < -0.39 is 22.8 Å². The van der Waals surface area contributed by atoms with Gasteiger partial charge in [0.05, 0.1) is 9.83 Å². The highest BCUT2D eigenvalue weighted by molar-refractivity contribution is 8.26. The second kappa shape index (κ2) is 10.1. The second-order valence-electron chi connectivity index (χ2n) is 5.57. The Balaban J connectivity index is 2.21. The van der Waals surface area contributed by atoms with Gasteiger partial charge >= 0.3 is 5.97 Å². The van der Waals surface area contributed by atoms with Gasteiger partial charge in [0.1, 0.15) is 10.4 Å². The number of nitrogens with zero attached hydrogens (tertiary/aromatic N) is 2. The highest BCUT2D eigenvalue weighted by atomic mass is 35.5. The SMILES string of the molecule is CSCCC(C(=O)O)N1C(=O)/C(=C\C(Cl)=C\c2ccc([N+](=O)[O-])cc2)SC1=S. The molecule has 1 aliphatic rings. The number of nitro groups is 1. The Morgan fingerprint density at radius 3 is 2.64 bits per heavy atom. The largest absolute Gasteiger partial charge is 0.480 e. The number of aliphatic carboxylic acids is 1. The number of thioether (sulfide) groups is 2. The van der Waals surface area contributed by atoms with E-state index in [9.17, 15) is 24.8 Å². The summed E-state index contributed by atoms with van der Waals surface area (Å²) in [6.45, 7) is 0. The van der Waals surface area contributed by atoms with Crippen LogP contribution in [0.3, 0.4) is 0 Å². The number of non-ortho nitro benzene ring substituents is 1. The fraction of sp³-hybridized carbons (Fsp3) is 0.235. The van der Waals surface area contributed by atoms with Gasteiger partial charge in [-0.25, -0.2) is 4.79 Å². The number of halogens is 1. The standard InChI is InChI=1S/C17H15ClN2O5S3/c1-27-7-6-13(16(22)23)19-15(21)14(28-17(19)26)9-11(18)8-10-2-4-12(5-3-10)20(24)25/h2-5,8-9,13H,6-7H2,1H3,(H,22,23)/b11-8-,14-9+. The number of rotatable bonds is 8. The Kier molecular flexibility index (Phi) is 8.05. The third kappa shape index (κ3) is 5.57. The molecular formula is C17H15ClN2O5S3. The van der Waals surface area contributed by atoms with E-state index >= 15 is 0 Å². The van der Waals surface area contributed by atoms with Crippen molar-refractivity contribution < 1.29 is 19.6 Å². The molecule has 1 unspecified atom stereocenters. The summed E-state index contributed by atoms with van der Waals surface area (Å²) in [5.41, 5.74) is 0.574. The molecule has 1 aromatic carbocycles. The maximum atomic E-state index is 12.7. The van der Waals surface area contributed by atoms with Gasteiger partial charge in [0.15, 0.2) is 0 Å². The molecule has 0 radical (unpaired) electrons. The van der Waals surface area contributed by atoms with Crippen molar-refractivity contribution >= 4 is 75.3 Å². The second-order valence-corrected chi connectivity index (χ2v) is 8.66. The molecule has 1 aliphatic heterocycles. The molecule has 11 heteroatoms. The lowest BCUT2D eigenvalue weighted by Gasteiger charge is -2.22. The minimum Gasteiger partial charge on any atom is -0.480 e. The molecule has 0 aliphatic carbocycles. The van der Waals surface area contributed by atoms with Crippen LogP contribution in [0.25, 0.3) is 6.08 Å². The van der Waals surface area contributed by atoms with Crippen LogP contribution >= 0.6 is 47.3 Å². The maximum absolute atomic E-state index is 12.7. The van der Waals surface area contributed by atoms with Crippen LogP contribution < -0.4 is 0 Å². The summed E-state index contributed by atoms with van der Waals surface area (Å²) < 4.78 is 0.171. The van der Waals surface area contributed by atoms with E-state index in [1.807, 2.05) is 6.26 Å². The normalized spacial score (nSPS) is 17.3. The Bertz CT molecular complexity index is 870. The molecule has 28 heavy (non-hydrogen) atoms. The van der Waals surface area contributed by atoms with Gasteiger partial charge in [0.2, 0.25) is 0 Å². The van der Waals surface area contributed by atoms with Crippen molar-refractivity contribution in [3.63, 3.8) is 0 Å². The first kappa shape index (κ1) is 22.4. The van der Waals surface area contributed by atoms with Crippen molar-refractivity contribution in [2.24, 2.45) is 0 Å². The van der Waals surface area contributed by atoms with Crippen molar-refractivity contribution in [1.82, 2.24) is 4.90 Å². The molecule has 1 atom stereocenters. The monoisotopic (exact) mass is 458 g/mol. The van der Waals surface area contributed by atoms with Crippen molar-refractivity contribution in [1.29, 1.82) is 0 Å². The predicted molar refractivity (Wildman–Crippen MR) is 116 cm³/mol. The van der Waals surface area contributed by atoms with Crippen LogP contribution in [0.4, 0.5) is 5.69 Å². The summed E-state index contributed by atoms with van der Waals surface area (Å²) in [5, 5.41) is 20.3. The smallest absolute Gasteiger partial charge is 0.326 e. The Hall–Kier alpha value is -1.88. The number of hydrogen-bond acceptors (Lipinski definition) is 7. The molecule has 1 aromatic rings. The molecule has 0 saturated carbocycles. The van der Waals surface area contributed by atoms with Crippen LogP contribution in [-0.4, -0.2) is 49.2 Å². The fourth-order valence-electron chi connectivity index (χ4n) is 2.36. The summed E-state index contributed by atoms with van der Waals surface area (Å²) in [4.78, 5) is 35.7. The number of hydrogen-bond donors (Lipinski definition) is 1. The molecule has 2 rings (SSSR count). The van der Waals surface area contributed by atoms with Gasteiger partial charge in [-0.05, 0) is 48.3 Å². The number of carboxylic acid groups (broad SMARTS) is 1. The number of carboxylic acids is 1. The number of carbonyl (C=O) groups excluding carboxylic acids is 1. The molecule has 0 spiro atoms. The van der Waals surface area contributed by atoms with Gasteiger partial charge in [0, 0.05) is 17.2 Å². The third-order valence-corrected chi connectivity index (χ3v) is 5.89. The summed E-state index contributed by atoms with van der Waals surface area (Å²) in [7, 11) is 0. The van der Waals surface area contributed by atoms with Crippen LogP contribution in [0.1, 0.15) is 12.0 Å². The highest BCUT2D eigenvalue weighted by Crippen LogP contribution is 2.35. The van der Waals surface area contributed by atoms with E-state index in [0.29, 0.717) is 11.3 Å². The third-order valence-electron chi connectivity index (χ3n) is 3.69. The van der Waals surface area contributed by atoms with E-state index in [-0.39, 0.29) is 26.4 Å². The summed E-state index contributed by atoms with van der Waals surface area (Å²) >= 11 is 13.9. The van der Waals surface area contributed by atoms with Crippen LogP contribution in [0.5, 0.6) is 0 Å². The summed E-state index contributed by atoms with van der Waals surface area (Å²) in [5.74, 6) is -1.04. The topological polar surface area (TPSA) is 101 Å². The van der Waals surface area contributed by atoms with E-state index in [4.69, 9.17) is 23.8 Å². The van der Waals surface area contributed by atoms with E-state index in [1.165, 1.54) is 42.1 Å². The maximum Gasteiger partial charge on any atom is 0.326 e. The van der Waals surface area contributed by atoms with Gasteiger partial charge in [-0.15, -0.1) is 0 Å². The predicted octanol–water partition coefficient (Wildman–Crippen LogP) is 4.13. The van der Waals surface area contributed by atoms with Crippen LogP contribution in [-0.2, 0) is 9.59 Å². The average molecular weight is 459 g/mol. The molecule has 1 heterocycles. The number of allylic oxidation sites excluding steroid dienone is 2. The average Bonchev–Trinajstić information content (AvgIpc) is 2.89. The Labute approximate surface area is 179 Å². The lowest BCUT2D eigenvalue weighted by atomic mass is 10.2. The zero-order chi connectivity index (χ0) is 20.8. The first-order chi connectivity index (χ1) is 13.2. The zero-order valence-corrected chi connectivity index (χ0v) is 17.7. The van der Waals surface area contributed by atoms with Crippen LogP contribution in [0.2, 0.25) is 0 Å². The lowest BCUT2D eigenvalue weighted by molar-refractivity contribution is -0.384. The van der Waals surface area contributed by atoms with Gasteiger partial charge in [-0.3, -0.25) is 19.8 Å². The summed E-state index contributed by atoms with van der Waals surface area (Å²) in [6.07, 6.45) is 5.09. The number of nitro benzene ring substituents is 1. The van der Waals surface area contributed by atoms with E-state index in [1.54, 1.807) is 6.08 Å². The molecule has 148 valence electrons. The number of thiocarbonyl (C=S) groups is 1. The number of benzene rings is 1. The van der Waals surface area contributed by atoms with Crippen molar-refractivity contribution in [2.75, 3.05) is 12.0 Å². The van der Waals surface area contributed by atoms with Crippen molar-refractivity contribution in [2.45, 2.75) is 12.5 Å². The molecule has 0 aromatic heterocycles. The highest BCUT2D eigenvalue weighted by Gasteiger charge is 2.40. The first-order valence-electron chi connectivity index (χ1n) is 7.85. The lowest BCUT2D eigenvalue weighted by Crippen LogP contribution is -2.44. The van der Waals surface area contributed by atoms with Gasteiger partial charge in [-0.1, -0.05) is 35.6 Å². The Morgan fingerprint density at radius 1 is 1.46 bits per heavy atom. The zero-order valence-electron chi connectivity index (χ0n) is 14.5. The molecule has 1 amide bonds. The Morgan fingerprint density at radius 2 is 2.11 bits per heavy atom. The van der Waals surface area contributed by atoms with Crippen molar-refractivity contribution in [3.8, 4) is 0 Å². The molecule has 0 bridgehead atoms. The van der Waals surface area contributed by atoms with Gasteiger partial charge in [-0.2, -0.15) is 11.8 Å². The quantitative estimate of drug-likeness (QED) is 0.268. The minimum absolute atomic E-state index is 0.0425. The molecule has 1 fully saturated rings. The molecule has 1 N–H and O–H groups in total. The van der Waals surface area contributed by atoms with E-state index in [2.05, 4.69) is 0 Å². The fourth-order valence-corrected chi connectivity index (χ4v) is 4.47. The van der Waals surface area contributed by atoms with Crippen LogP contribution in [0.15, 0.2) is 40.3 Å². The van der Waals surface area contributed by atoms with Gasteiger partial charge in [0.25, 0.3) is 11.6 Å². The van der Waals surface area contributed by atoms with Crippen LogP contribution in [0, 0.1) is 10.1 Å². The van der Waals surface area contributed by atoms with Crippen molar-refractivity contribution in [3.05, 3.63) is 56.0 Å².